The number of aromatic nitrogens is 2. The van der Waals surface area contributed by atoms with E-state index in [4.69, 9.17) is 9.72 Å². The van der Waals surface area contributed by atoms with Gasteiger partial charge in [0.2, 0.25) is 5.91 Å². The first-order chi connectivity index (χ1) is 14.0. The van der Waals surface area contributed by atoms with Crippen molar-refractivity contribution >= 4 is 51.0 Å². The molecule has 0 spiro atoms. The summed E-state index contributed by atoms with van der Waals surface area (Å²) >= 11 is 2.72. The van der Waals surface area contributed by atoms with E-state index in [1.54, 1.807) is 12.3 Å². The molecule has 0 saturated heterocycles. The van der Waals surface area contributed by atoms with Gasteiger partial charge in [-0.15, -0.1) is 11.3 Å². The summed E-state index contributed by atoms with van der Waals surface area (Å²) in [5.41, 5.74) is 3.81. The zero-order valence-electron chi connectivity index (χ0n) is 16.7. The molecule has 29 heavy (non-hydrogen) atoms. The number of amides is 1. The van der Waals surface area contributed by atoms with Gasteiger partial charge in [-0.2, -0.15) is 0 Å². The van der Waals surface area contributed by atoms with Gasteiger partial charge in [0.25, 0.3) is 0 Å². The summed E-state index contributed by atoms with van der Waals surface area (Å²) in [6.07, 6.45) is 0.958. The molecule has 1 N–H and O–H groups in total. The first-order valence-corrected chi connectivity index (χ1v) is 11.3. The lowest BCUT2D eigenvalue weighted by Crippen LogP contribution is -2.14. The molecule has 0 unspecified atom stereocenters. The predicted octanol–water partition coefficient (Wildman–Crippen LogP) is 4.40. The zero-order chi connectivity index (χ0) is 20.8. The molecule has 0 bridgehead atoms. The Balaban J connectivity index is 1.63. The van der Waals surface area contributed by atoms with Crippen molar-refractivity contribution in [1.82, 2.24) is 9.97 Å². The fourth-order valence-corrected chi connectivity index (χ4v) is 4.46. The molecule has 0 fully saturated rings. The molecule has 0 saturated carbocycles. The average molecular weight is 430 g/mol. The number of nitrogens with one attached hydrogen (secondary N) is 1. The second-order valence-corrected chi connectivity index (χ2v) is 8.24. The Morgan fingerprint density at radius 1 is 1.24 bits per heavy atom. The van der Waals surface area contributed by atoms with Crippen LogP contribution < -0.4 is 5.32 Å². The minimum Gasteiger partial charge on any atom is -0.466 e. The van der Waals surface area contributed by atoms with Gasteiger partial charge in [-0.1, -0.05) is 36.9 Å². The lowest BCUT2D eigenvalue weighted by molar-refractivity contribution is -0.142. The van der Waals surface area contributed by atoms with Crippen molar-refractivity contribution < 1.29 is 14.3 Å². The number of carbonyl (C=O) groups is 2. The normalized spacial score (nSPS) is 10.9. The third-order valence-electron chi connectivity index (χ3n) is 4.24. The van der Waals surface area contributed by atoms with E-state index in [-0.39, 0.29) is 24.1 Å². The molecule has 6 nitrogen and oxygen atoms in total. The number of para-hydroxylation sites is 1. The van der Waals surface area contributed by atoms with Gasteiger partial charge in [0.05, 0.1) is 30.0 Å². The van der Waals surface area contributed by atoms with Gasteiger partial charge in [0.1, 0.15) is 5.03 Å². The van der Waals surface area contributed by atoms with Crippen LogP contribution in [-0.4, -0.2) is 34.2 Å². The lowest BCUT2D eigenvalue weighted by atomic mass is 10.1. The van der Waals surface area contributed by atoms with E-state index in [1.165, 1.54) is 23.1 Å². The van der Waals surface area contributed by atoms with E-state index in [0.29, 0.717) is 17.4 Å². The molecular formula is C21H23N3O3S2. The van der Waals surface area contributed by atoms with Crippen LogP contribution in [0.2, 0.25) is 0 Å². The number of esters is 1. The van der Waals surface area contributed by atoms with E-state index in [0.717, 1.165) is 33.5 Å². The van der Waals surface area contributed by atoms with Crippen molar-refractivity contribution in [3.63, 3.8) is 0 Å². The van der Waals surface area contributed by atoms with Crippen molar-refractivity contribution in [3.05, 3.63) is 46.5 Å². The predicted molar refractivity (Wildman–Crippen MR) is 118 cm³/mol. The molecule has 0 atom stereocenters. The highest BCUT2D eigenvalue weighted by Gasteiger charge is 2.13. The molecule has 152 valence electrons. The van der Waals surface area contributed by atoms with Gasteiger partial charge in [-0.25, -0.2) is 9.97 Å². The third-order valence-corrected chi connectivity index (χ3v) is 6.08. The van der Waals surface area contributed by atoms with Crippen LogP contribution in [0.5, 0.6) is 0 Å². The van der Waals surface area contributed by atoms with Gasteiger partial charge in [-0.05, 0) is 37.5 Å². The highest BCUT2D eigenvalue weighted by atomic mass is 32.2. The molecule has 0 aliphatic heterocycles. The Labute approximate surface area is 178 Å². The topological polar surface area (TPSA) is 81.2 Å². The molecule has 3 rings (SSSR count). The second kappa shape index (κ2) is 9.84. The second-order valence-electron chi connectivity index (χ2n) is 6.42. The number of fused-ring (bicyclic) bond motifs is 1. The zero-order valence-corrected chi connectivity index (χ0v) is 18.3. The molecule has 1 amide bonds. The maximum atomic E-state index is 12.4. The largest absolute Gasteiger partial charge is 0.466 e. The number of pyridine rings is 1. The van der Waals surface area contributed by atoms with Crippen molar-refractivity contribution in [1.29, 1.82) is 0 Å². The number of hydrogen-bond donors (Lipinski definition) is 1. The number of thiazole rings is 1. The summed E-state index contributed by atoms with van der Waals surface area (Å²) in [6.45, 7) is 6.23. The molecule has 0 radical (unpaired) electrons. The number of hydrogen-bond acceptors (Lipinski definition) is 7. The minimum atomic E-state index is -0.323. The number of aryl methyl sites for hydroxylation is 2. The summed E-state index contributed by atoms with van der Waals surface area (Å²) in [5, 5.41) is 7.02. The monoisotopic (exact) mass is 429 g/mol. The first-order valence-electron chi connectivity index (χ1n) is 9.42. The van der Waals surface area contributed by atoms with Gasteiger partial charge >= 0.3 is 5.97 Å². The fraction of sp³-hybridized carbons (Fsp3) is 0.333. The molecule has 1 aromatic carbocycles. The van der Waals surface area contributed by atoms with Crippen LogP contribution in [0.1, 0.15) is 30.7 Å². The Bertz CT molecular complexity index is 1030. The Hall–Kier alpha value is -2.45. The number of rotatable bonds is 8. The summed E-state index contributed by atoms with van der Waals surface area (Å²) in [5.74, 6) is -0.235. The Morgan fingerprint density at radius 3 is 2.83 bits per heavy atom. The Morgan fingerprint density at radius 2 is 2.07 bits per heavy atom. The maximum Gasteiger partial charge on any atom is 0.311 e. The highest BCUT2D eigenvalue weighted by molar-refractivity contribution is 8.00. The van der Waals surface area contributed by atoms with Crippen LogP contribution in [-0.2, 0) is 27.2 Å². The van der Waals surface area contributed by atoms with E-state index in [9.17, 15) is 9.59 Å². The molecule has 0 aliphatic carbocycles. The Kier molecular flexibility index (Phi) is 7.22. The van der Waals surface area contributed by atoms with Crippen LogP contribution in [0.4, 0.5) is 5.13 Å². The quantitative estimate of drug-likeness (QED) is 0.422. The van der Waals surface area contributed by atoms with Crippen molar-refractivity contribution in [2.45, 2.75) is 38.6 Å². The molecule has 2 aromatic heterocycles. The van der Waals surface area contributed by atoms with E-state index in [2.05, 4.69) is 29.4 Å². The first kappa shape index (κ1) is 21.3. The SMILES string of the molecule is CCOC(=O)Cc1csc(NC(=O)CSc2nc3c(C)cccc3cc2CC)n1. The van der Waals surface area contributed by atoms with Gasteiger partial charge in [0.15, 0.2) is 5.13 Å². The number of ether oxygens (including phenoxy) is 1. The van der Waals surface area contributed by atoms with Crippen molar-refractivity contribution in [3.8, 4) is 0 Å². The number of thioether (sulfide) groups is 1. The van der Waals surface area contributed by atoms with Crippen LogP contribution >= 0.6 is 23.1 Å². The smallest absolute Gasteiger partial charge is 0.311 e. The van der Waals surface area contributed by atoms with Gasteiger partial charge < -0.3 is 10.1 Å². The minimum absolute atomic E-state index is 0.106. The number of nitrogens with zero attached hydrogens (tertiary/aromatic N) is 2. The lowest BCUT2D eigenvalue weighted by Gasteiger charge is -2.10. The van der Waals surface area contributed by atoms with E-state index < -0.39 is 0 Å². The fourth-order valence-electron chi connectivity index (χ4n) is 2.85. The summed E-state index contributed by atoms with van der Waals surface area (Å²) < 4.78 is 4.91. The summed E-state index contributed by atoms with van der Waals surface area (Å²) in [4.78, 5) is 33.0. The number of carbonyl (C=O) groups excluding carboxylic acids is 2. The molecule has 3 aromatic rings. The number of anilines is 1. The van der Waals surface area contributed by atoms with Gasteiger partial charge in [-0.3, -0.25) is 9.59 Å². The van der Waals surface area contributed by atoms with Crippen LogP contribution in [0, 0.1) is 6.92 Å². The van der Waals surface area contributed by atoms with Crippen molar-refractivity contribution in [2.24, 2.45) is 0 Å². The van der Waals surface area contributed by atoms with Crippen molar-refractivity contribution in [2.75, 3.05) is 17.7 Å². The third kappa shape index (κ3) is 5.55. The summed E-state index contributed by atoms with van der Waals surface area (Å²) in [7, 11) is 0. The van der Waals surface area contributed by atoms with Crippen LogP contribution in [0.25, 0.3) is 10.9 Å². The molecular weight excluding hydrogens is 406 g/mol. The molecule has 2 heterocycles. The van der Waals surface area contributed by atoms with Crippen LogP contribution in [0.15, 0.2) is 34.7 Å². The summed E-state index contributed by atoms with van der Waals surface area (Å²) in [6, 6.07) is 8.28. The highest BCUT2D eigenvalue weighted by Crippen LogP contribution is 2.27. The molecule has 0 aliphatic rings. The van der Waals surface area contributed by atoms with Crippen LogP contribution in [0.3, 0.4) is 0 Å². The maximum absolute atomic E-state index is 12.4. The van der Waals surface area contributed by atoms with E-state index >= 15 is 0 Å². The van der Waals surface area contributed by atoms with E-state index in [1.807, 2.05) is 19.1 Å². The molecule has 8 heteroatoms. The standard InChI is InChI=1S/C21H23N3O3S2/c1-4-14-9-15-8-6-7-13(3)19(15)24-20(14)28-12-17(25)23-21-22-16(11-29-21)10-18(26)27-5-2/h6-9,11H,4-5,10,12H2,1-3H3,(H,22,23,25). The average Bonchev–Trinajstić information content (AvgIpc) is 3.12. The number of benzene rings is 1. The van der Waals surface area contributed by atoms with Gasteiger partial charge in [0, 0.05) is 10.8 Å².